The summed E-state index contributed by atoms with van der Waals surface area (Å²) in [6, 6.07) is 11.9. The molecule has 18 heavy (non-hydrogen) atoms. The Hall–Kier alpha value is -1.94. The predicted octanol–water partition coefficient (Wildman–Crippen LogP) is 3.72. The molecule has 0 saturated heterocycles. The summed E-state index contributed by atoms with van der Waals surface area (Å²) in [6.07, 6.45) is 3.81. The minimum atomic E-state index is 0.866. The first kappa shape index (κ1) is 11.2. The molecule has 0 radical (unpaired) electrons. The van der Waals surface area contributed by atoms with E-state index in [1.54, 1.807) is 25.1 Å². The van der Waals surface area contributed by atoms with Gasteiger partial charge >= 0.3 is 0 Å². The number of hydrogen-bond donors (Lipinski definition) is 1. The van der Waals surface area contributed by atoms with Crippen molar-refractivity contribution >= 4 is 22.7 Å². The summed E-state index contributed by atoms with van der Waals surface area (Å²) in [4.78, 5) is 8.73. The van der Waals surface area contributed by atoms with E-state index in [2.05, 4.69) is 9.97 Å². The second-order valence-corrected chi connectivity index (χ2v) is 4.90. The van der Waals surface area contributed by atoms with Gasteiger partial charge in [-0.25, -0.2) is 4.98 Å². The largest absolute Gasteiger partial charge is 0.497 e. The van der Waals surface area contributed by atoms with Crippen molar-refractivity contribution in [2.24, 2.45) is 0 Å². The van der Waals surface area contributed by atoms with Crippen LogP contribution in [-0.2, 0) is 0 Å². The summed E-state index contributed by atoms with van der Waals surface area (Å²) in [5.74, 6) is 0.866. The molecule has 0 aliphatic rings. The van der Waals surface area contributed by atoms with E-state index in [1.165, 1.54) is 0 Å². The second-order valence-electron chi connectivity index (χ2n) is 3.83. The van der Waals surface area contributed by atoms with Gasteiger partial charge in [-0.1, -0.05) is 17.8 Å². The molecule has 90 valence electrons. The summed E-state index contributed by atoms with van der Waals surface area (Å²) >= 11 is 1.65. The number of benzene rings is 1. The van der Waals surface area contributed by atoms with E-state index in [4.69, 9.17) is 4.74 Å². The summed E-state index contributed by atoms with van der Waals surface area (Å²) in [6.45, 7) is 0. The molecule has 0 atom stereocenters. The van der Waals surface area contributed by atoms with E-state index in [9.17, 15) is 0 Å². The van der Waals surface area contributed by atoms with Gasteiger partial charge in [0.1, 0.15) is 10.8 Å². The van der Waals surface area contributed by atoms with Crippen molar-refractivity contribution < 1.29 is 4.74 Å². The number of methoxy groups -OCH3 is 1. The van der Waals surface area contributed by atoms with Crippen molar-refractivity contribution in [3.05, 3.63) is 48.8 Å². The number of rotatable bonds is 3. The van der Waals surface area contributed by atoms with Crippen LogP contribution < -0.4 is 4.74 Å². The molecule has 0 amide bonds. The molecule has 0 saturated carbocycles. The number of H-pyrrole nitrogens is 1. The molecule has 1 aromatic carbocycles. The van der Waals surface area contributed by atoms with E-state index < -0.39 is 0 Å². The molecular formula is C14H12N2OS. The number of ether oxygens (including phenoxy) is 1. The molecule has 1 N–H and O–H groups in total. The number of nitrogens with zero attached hydrogens (tertiary/aromatic N) is 1. The van der Waals surface area contributed by atoms with Crippen molar-refractivity contribution in [1.29, 1.82) is 0 Å². The van der Waals surface area contributed by atoms with Crippen LogP contribution in [0.2, 0.25) is 0 Å². The molecule has 0 bridgehead atoms. The van der Waals surface area contributed by atoms with E-state index in [-0.39, 0.29) is 0 Å². The summed E-state index contributed by atoms with van der Waals surface area (Å²) in [5, 5.41) is 2.14. The van der Waals surface area contributed by atoms with Gasteiger partial charge in [0.2, 0.25) is 0 Å². The molecule has 0 aliphatic heterocycles. The minimum absolute atomic E-state index is 0.866. The Morgan fingerprint density at radius 3 is 2.94 bits per heavy atom. The first-order valence-corrected chi connectivity index (χ1v) is 6.42. The minimum Gasteiger partial charge on any atom is -0.497 e. The molecule has 3 nitrogen and oxygen atoms in total. The second kappa shape index (κ2) is 4.74. The lowest BCUT2D eigenvalue weighted by Gasteiger charge is -2.01. The van der Waals surface area contributed by atoms with Crippen LogP contribution in [0, 0.1) is 0 Å². The summed E-state index contributed by atoms with van der Waals surface area (Å²) in [7, 11) is 1.68. The van der Waals surface area contributed by atoms with Crippen LogP contribution in [0.1, 0.15) is 0 Å². The van der Waals surface area contributed by atoms with Gasteiger partial charge in [-0.15, -0.1) is 0 Å². The molecule has 2 heterocycles. The number of aromatic nitrogens is 2. The molecule has 3 aromatic rings. The van der Waals surface area contributed by atoms with Gasteiger partial charge in [0.05, 0.1) is 7.11 Å². The van der Waals surface area contributed by atoms with Gasteiger partial charge in [0.15, 0.2) is 0 Å². The predicted molar refractivity (Wildman–Crippen MR) is 73.2 cm³/mol. The SMILES string of the molecule is COc1ccc2[nH]cc(Sc3ccccn3)c2c1. The van der Waals surface area contributed by atoms with Crippen LogP contribution in [0.15, 0.2) is 58.7 Å². The van der Waals surface area contributed by atoms with Crippen LogP contribution in [0.4, 0.5) is 0 Å². The van der Waals surface area contributed by atoms with Crippen LogP contribution in [0.25, 0.3) is 10.9 Å². The zero-order valence-electron chi connectivity index (χ0n) is 9.88. The average Bonchev–Trinajstić information content (AvgIpc) is 2.82. The molecular weight excluding hydrogens is 244 g/mol. The van der Waals surface area contributed by atoms with Gasteiger partial charge in [-0.2, -0.15) is 0 Å². The summed E-state index contributed by atoms with van der Waals surface area (Å²) in [5.41, 5.74) is 1.11. The first-order chi connectivity index (χ1) is 8.86. The van der Waals surface area contributed by atoms with Gasteiger partial charge < -0.3 is 9.72 Å². The monoisotopic (exact) mass is 256 g/mol. The van der Waals surface area contributed by atoms with Crippen LogP contribution in [0.3, 0.4) is 0 Å². The fourth-order valence-corrected chi connectivity index (χ4v) is 2.69. The fraction of sp³-hybridized carbons (Fsp3) is 0.0714. The van der Waals surface area contributed by atoms with Crippen molar-refractivity contribution in [3.63, 3.8) is 0 Å². The Labute approximate surface area is 109 Å². The summed E-state index contributed by atoms with van der Waals surface area (Å²) < 4.78 is 5.26. The van der Waals surface area contributed by atoms with Gasteiger partial charge in [0, 0.05) is 28.2 Å². The molecule has 0 aliphatic carbocycles. The van der Waals surface area contributed by atoms with Gasteiger partial charge in [0.25, 0.3) is 0 Å². The van der Waals surface area contributed by atoms with Crippen LogP contribution in [0.5, 0.6) is 5.75 Å². The number of hydrogen-bond acceptors (Lipinski definition) is 3. The lowest BCUT2D eigenvalue weighted by molar-refractivity contribution is 0.415. The number of nitrogens with one attached hydrogen (secondary N) is 1. The lowest BCUT2D eigenvalue weighted by atomic mass is 10.2. The molecule has 3 rings (SSSR count). The maximum Gasteiger partial charge on any atom is 0.119 e. The molecule has 2 aromatic heterocycles. The Balaban J connectivity index is 2.01. The topological polar surface area (TPSA) is 37.9 Å². The number of fused-ring (bicyclic) bond motifs is 1. The first-order valence-electron chi connectivity index (χ1n) is 5.61. The van der Waals surface area contributed by atoms with Crippen molar-refractivity contribution in [2.75, 3.05) is 7.11 Å². The maximum absolute atomic E-state index is 5.26. The Morgan fingerprint density at radius 2 is 2.17 bits per heavy atom. The van der Waals surface area contributed by atoms with Gasteiger partial charge in [-0.3, -0.25) is 0 Å². The van der Waals surface area contributed by atoms with E-state index >= 15 is 0 Å². The maximum atomic E-state index is 5.26. The fourth-order valence-electron chi connectivity index (χ4n) is 1.81. The third-order valence-corrected chi connectivity index (χ3v) is 3.71. The van der Waals surface area contributed by atoms with Crippen molar-refractivity contribution in [3.8, 4) is 5.75 Å². The highest BCUT2D eigenvalue weighted by Gasteiger charge is 2.07. The standard InChI is InChI=1S/C14H12N2OS/c1-17-10-5-6-12-11(8-10)13(9-16-12)18-14-4-2-3-7-15-14/h2-9,16H,1H3. The molecule has 0 unspecified atom stereocenters. The molecule has 0 fully saturated rings. The highest BCUT2D eigenvalue weighted by Crippen LogP contribution is 2.34. The van der Waals surface area contributed by atoms with Crippen LogP contribution >= 0.6 is 11.8 Å². The van der Waals surface area contributed by atoms with E-state index in [0.717, 1.165) is 26.6 Å². The highest BCUT2D eigenvalue weighted by atomic mass is 32.2. The Bertz CT molecular complexity index is 664. The van der Waals surface area contributed by atoms with E-state index in [0.29, 0.717) is 0 Å². The average molecular weight is 256 g/mol. The lowest BCUT2D eigenvalue weighted by Crippen LogP contribution is -1.81. The molecule has 0 spiro atoms. The third-order valence-electron chi connectivity index (χ3n) is 2.70. The quantitative estimate of drug-likeness (QED) is 0.776. The third kappa shape index (κ3) is 2.07. The number of pyridine rings is 1. The normalized spacial score (nSPS) is 10.7. The highest BCUT2D eigenvalue weighted by molar-refractivity contribution is 7.99. The molecule has 4 heteroatoms. The smallest absolute Gasteiger partial charge is 0.119 e. The van der Waals surface area contributed by atoms with E-state index in [1.807, 2.05) is 42.6 Å². The van der Waals surface area contributed by atoms with Crippen LogP contribution in [-0.4, -0.2) is 17.1 Å². The van der Waals surface area contributed by atoms with Crippen molar-refractivity contribution in [1.82, 2.24) is 9.97 Å². The Morgan fingerprint density at radius 1 is 1.22 bits per heavy atom. The Kier molecular flexibility index (Phi) is 2.94. The van der Waals surface area contributed by atoms with Crippen molar-refractivity contribution in [2.45, 2.75) is 9.92 Å². The number of aromatic amines is 1. The zero-order chi connectivity index (χ0) is 12.4. The van der Waals surface area contributed by atoms with Gasteiger partial charge in [-0.05, 0) is 30.3 Å². The zero-order valence-corrected chi connectivity index (χ0v) is 10.7.